The van der Waals surface area contributed by atoms with Gasteiger partial charge < -0.3 is 13.9 Å². The number of nitrogens with zero attached hydrogens (tertiary/aromatic N) is 2. The van der Waals surface area contributed by atoms with E-state index in [1.54, 1.807) is 0 Å². The first-order chi connectivity index (χ1) is 31.3. The molecule has 0 atom stereocenters. The van der Waals surface area contributed by atoms with Gasteiger partial charge in [-0.1, -0.05) is 188 Å². The van der Waals surface area contributed by atoms with Crippen LogP contribution in [0.15, 0.2) is 247 Å². The third kappa shape index (κ3) is 6.29. The van der Waals surface area contributed by atoms with Crippen LogP contribution >= 0.6 is 0 Å². The molecule has 3 heteroatoms. The molecule has 0 aliphatic heterocycles. The van der Waals surface area contributed by atoms with Gasteiger partial charge in [0.25, 0.3) is 0 Å². The lowest BCUT2D eigenvalue weighted by Crippen LogP contribution is -2.11. The Kier molecular flexibility index (Phi) is 8.83. The molecule has 2 aromatic heterocycles. The molecule has 63 heavy (non-hydrogen) atoms. The highest BCUT2D eigenvalue weighted by molar-refractivity contribution is 6.12. The summed E-state index contributed by atoms with van der Waals surface area (Å²) >= 11 is 0. The molecule has 0 aliphatic rings. The Bertz CT molecular complexity index is 3600. The second-order valence-corrected chi connectivity index (χ2v) is 16.1. The van der Waals surface area contributed by atoms with E-state index < -0.39 is 0 Å². The highest BCUT2D eigenvalue weighted by Gasteiger charge is 2.22. The zero-order valence-corrected chi connectivity index (χ0v) is 34.4. The topological polar surface area (TPSA) is 21.3 Å². The van der Waals surface area contributed by atoms with Crippen LogP contribution in [-0.2, 0) is 0 Å². The predicted molar refractivity (Wildman–Crippen MR) is 264 cm³/mol. The van der Waals surface area contributed by atoms with Crippen molar-refractivity contribution >= 4 is 60.8 Å². The highest BCUT2D eigenvalue weighted by Crippen LogP contribution is 2.45. The van der Waals surface area contributed by atoms with Gasteiger partial charge >= 0.3 is 0 Å². The predicted octanol–water partition coefficient (Wildman–Crippen LogP) is 16.8. The van der Waals surface area contributed by atoms with Crippen molar-refractivity contribution in [2.45, 2.75) is 0 Å². The SMILES string of the molecule is c1ccc(-c2ccc(N(c3ccc4c5ccccc5n(-c5ccc(-c6cccc7c6oc6ccccc67)cc5-c5ccccc5)c4c3)c3ccccc3-c3ccccc3)cc2)cc1. The molecule has 0 N–H and O–H groups in total. The summed E-state index contributed by atoms with van der Waals surface area (Å²) in [5, 5.41) is 4.65. The van der Waals surface area contributed by atoms with E-state index in [-0.39, 0.29) is 0 Å². The Morgan fingerprint density at radius 2 is 0.873 bits per heavy atom. The van der Waals surface area contributed by atoms with Crippen molar-refractivity contribution in [3.05, 3.63) is 243 Å². The second kappa shape index (κ2) is 15.3. The lowest BCUT2D eigenvalue weighted by molar-refractivity contribution is 0.670. The fraction of sp³-hybridized carbons (Fsp3) is 0. The van der Waals surface area contributed by atoms with Crippen LogP contribution < -0.4 is 4.90 Å². The molecule has 0 bridgehead atoms. The fourth-order valence-electron chi connectivity index (χ4n) is 9.47. The molecule has 3 nitrogen and oxygen atoms in total. The van der Waals surface area contributed by atoms with Gasteiger partial charge in [-0.25, -0.2) is 0 Å². The third-order valence-electron chi connectivity index (χ3n) is 12.4. The molecule has 0 spiro atoms. The highest BCUT2D eigenvalue weighted by atomic mass is 16.3. The van der Waals surface area contributed by atoms with Crippen molar-refractivity contribution in [1.29, 1.82) is 0 Å². The number of anilines is 3. The van der Waals surface area contributed by atoms with Crippen molar-refractivity contribution in [3.8, 4) is 50.2 Å². The molecule has 0 aliphatic carbocycles. The minimum Gasteiger partial charge on any atom is -0.455 e. The third-order valence-corrected chi connectivity index (χ3v) is 12.4. The maximum atomic E-state index is 6.57. The molecule has 0 saturated heterocycles. The van der Waals surface area contributed by atoms with E-state index in [2.05, 4.69) is 246 Å². The molecule has 12 aromatic rings. The Labute approximate surface area is 366 Å². The molecular weight excluding hydrogens is 765 g/mol. The van der Waals surface area contributed by atoms with E-state index in [9.17, 15) is 0 Å². The lowest BCUT2D eigenvalue weighted by atomic mass is 9.96. The molecule has 0 amide bonds. The molecule has 0 saturated carbocycles. The molecule has 10 aromatic carbocycles. The summed E-state index contributed by atoms with van der Waals surface area (Å²) in [6.45, 7) is 0. The summed E-state index contributed by atoms with van der Waals surface area (Å²) in [5.41, 5.74) is 17.6. The molecule has 2 heterocycles. The van der Waals surface area contributed by atoms with E-state index in [1.807, 2.05) is 6.07 Å². The lowest BCUT2D eigenvalue weighted by Gasteiger charge is -2.28. The number of benzene rings is 10. The Morgan fingerprint density at radius 1 is 0.317 bits per heavy atom. The van der Waals surface area contributed by atoms with Gasteiger partial charge in [0.05, 0.1) is 22.4 Å². The molecule has 296 valence electrons. The number of rotatable bonds is 8. The number of para-hydroxylation sites is 4. The first-order valence-corrected chi connectivity index (χ1v) is 21.5. The van der Waals surface area contributed by atoms with E-state index in [0.717, 1.165) is 83.5 Å². The molecular formula is C60H40N2O. The van der Waals surface area contributed by atoms with Crippen LogP contribution in [0, 0.1) is 0 Å². The average molecular weight is 805 g/mol. The van der Waals surface area contributed by atoms with Crippen molar-refractivity contribution in [2.24, 2.45) is 0 Å². The monoisotopic (exact) mass is 804 g/mol. The van der Waals surface area contributed by atoms with Gasteiger partial charge in [-0.05, 0) is 82.4 Å². The van der Waals surface area contributed by atoms with Crippen molar-refractivity contribution < 1.29 is 4.42 Å². The van der Waals surface area contributed by atoms with E-state index in [4.69, 9.17) is 4.42 Å². The zero-order valence-electron chi connectivity index (χ0n) is 34.4. The van der Waals surface area contributed by atoms with Crippen LogP contribution in [0.1, 0.15) is 0 Å². The first kappa shape index (κ1) is 36.5. The maximum absolute atomic E-state index is 6.57. The van der Waals surface area contributed by atoms with Gasteiger partial charge in [0.15, 0.2) is 0 Å². The number of furan rings is 1. The Morgan fingerprint density at radius 3 is 1.65 bits per heavy atom. The number of aromatic nitrogens is 1. The smallest absolute Gasteiger partial charge is 0.143 e. The first-order valence-electron chi connectivity index (χ1n) is 21.5. The summed E-state index contributed by atoms with van der Waals surface area (Å²) in [5.74, 6) is 0. The van der Waals surface area contributed by atoms with E-state index >= 15 is 0 Å². The number of hydrogen-bond acceptors (Lipinski definition) is 2. The van der Waals surface area contributed by atoms with Gasteiger partial charge in [0, 0.05) is 49.6 Å². The van der Waals surface area contributed by atoms with Crippen LogP contribution in [0.25, 0.3) is 93.9 Å². The summed E-state index contributed by atoms with van der Waals surface area (Å²) in [6, 6.07) is 87.2. The van der Waals surface area contributed by atoms with Crippen molar-refractivity contribution in [3.63, 3.8) is 0 Å². The summed E-state index contributed by atoms with van der Waals surface area (Å²) in [7, 11) is 0. The van der Waals surface area contributed by atoms with Crippen LogP contribution in [-0.4, -0.2) is 4.57 Å². The standard InChI is InChI=1S/C60H40N2O/c1-4-17-41(18-5-1)42-31-34-46(35-32-42)61(55-28-13-10-23-48(55)43-19-6-2-7-20-43)47-36-37-51-50-24-11-14-29-56(50)62(58(51)40-47)57-38-33-45(39-54(57)44-21-8-3-9-22-44)49-26-16-27-53-52-25-12-15-30-59(52)63-60(49)53/h1-40H. The van der Waals surface area contributed by atoms with Gasteiger partial charge in [0.2, 0.25) is 0 Å². The van der Waals surface area contributed by atoms with Gasteiger partial charge in [-0.15, -0.1) is 0 Å². The molecule has 0 radical (unpaired) electrons. The van der Waals surface area contributed by atoms with Crippen LogP contribution in [0.5, 0.6) is 0 Å². The van der Waals surface area contributed by atoms with Gasteiger partial charge in [0.1, 0.15) is 11.2 Å². The van der Waals surface area contributed by atoms with E-state index in [0.29, 0.717) is 0 Å². The van der Waals surface area contributed by atoms with Crippen LogP contribution in [0.3, 0.4) is 0 Å². The average Bonchev–Trinajstić information content (AvgIpc) is 3.91. The minimum absolute atomic E-state index is 0.897. The second-order valence-electron chi connectivity index (χ2n) is 16.1. The summed E-state index contributed by atoms with van der Waals surface area (Å²) in [4.78, 5) is 2.41. The minimum atomic E-state index is 0.897. The largest absolute Gasteiger partial charge is 0.455 e. The van der Waals surface area contributed by atoms with Crippen LogP contribution in [0.2, 0.25) is 0 Å². The normalized spacial score (nSPS) is 11.5. The molecule has 0 fully saturated rings. The maximum Gasteiger partial charge on any atom is 0.143 e. The van der Waals surface area contributed by atoms with Gasteiger partial charge in [-0.2, -0.15) is 0 Å². The van der Waals surface area contributed by atoms with Gasteiger partial charge in [-0.3, -0.25) is 0 Å². The Hall–Kier alpha value is -8.40. The molecule has 12 rings (SSSR count). The van der Waals surface area contributed by atoms with Crippen molar-refractivity contribution in [1.82, 2.24) is 4.57 Å². The summed E-state index contributed by atoms with van der Waals surface area (Å²) < 4.78 is 9.03. The fourth-order valence-corrected chi connectivity index (χ4v) is 9.47. The summed E-state index contributed by atoms with van der Waals surface area (Å²) in [6.07, 6.45) is 0. The zero-order chi connectivity index (χ0) is 41.7. The van der Waals surface area contributed by atoms with Crippen LogP contribution in [0.4, 0.5) is 17.1 Å². The quantitative estimate of drug-likeness (QED) is 0.153. The van der Waals surface area contributed by atoms with Crippen molar-refractivity contribution in [2.75, 3.05) is 4.90 Å². The molecule has 0 unspecified atom stereocenters. The number of hydrogen-bond donors (Lipinski definition) is 0. The number of fused-ring (bicyclic) bond motifs is 6. The van der Waals surface area contributed by atoms with E-state index in [1.165, 1.54) is 27.5 Å². The Balaban J connectivity index is 1.09.